The fourth-order valence-electron chi connectivity index (χ4n) is 3.80. The van der Waals surface area contributed by atoms with E-state index in [1.807, 2.05) is 0 Å². The molecule has 0 spiro atoms. The number of nitrogens with zero attached hydrogens (tertiary/aromatic N) is 2. The Morgan fingerprint density at radius 3 is 2.29 bits per heavy atom. The van der Waals surface area contributed by atoms with Crippen LogP contribution in [0.25, 0.3) is 0 Å². The van der Waals surface area contributed by atoms with Gasteiger partial charge in [0.05, 0.1) is 13.2 Å². The number of benzene rings is 1. The van der Waals surface area contributed by atoms with E-state index in [9.17, 15) is 0 Å². The van der Waals surface area contributed by atoms with E-state index in [4.69, 9.17) is 4.74 Å². The standard InChI is InChI=1S/C18H30N2O/c1-5-17(20-11-13-21-14-12-20)15(2)18(19(3)4)16-9-7-6-8-10-16/h6-10,15,17-18H,5,11-14H2,1-4H3. The van der Waals surface area contributed by atoms with E-state index in [2.05, 4.69) is 68.1 Å². The fourth-order valence-corrected chi connectivity index (χ4v) is 3.80. The number of hydrogen-bond donors (Lipinski definition) is 0. The van der Waals surface area contributed by atoms with Gasteiger partial charge in [-0.2, -0.15) is 0 Å². The van der Waals surface area contributed by atoms with Gasteiger partial charge in [0.2, 0.25) is 0 Å². The van der Waals surface area contributed by atoms with Gasteiger partial charge in [-0.15, -0.1) is 0 Å². The Bertz CT molecular complexity index is 401. The van der Waals surface area contributed by atoms with Gasteiger partial charge in [0.25, 0.3) is 0 Å². The number of morpholine rings is 1. The molecule has 21 heavy (non-hydrogen) atoms. The van der Waals surface area contributed by atoms with E-state index < -0.39 is 0 Å². The first-order valence-corrected chi connectivity index (χ1v) is 8.18. The molecule has 1 heterocycles. The lowest BCUT2D eigenvalue weighted by Gasteiger charge is -2.42. The van der Waals surface area contributed by atoms with Crippen LogP contribution < -0.4 is 0 Å². The Kier molecular flexibility index (Phi) is 6.22. The number of hydrogen-bond acceptors (Lipinski definition) is 3. The SMILES string of the molecule is CCC(C(C)C(c1ccccc1)N(C)C)N1CCOCC1. The average Bonchev–Trinajstić information content (AvgIpc) is 2.50. The predicted octanol–water partition coefficient (Wildman–Crippen LogP) is 3.04. The molecule has 0 saturated carbocycles. The van der Waals surface area contributed by atoms with Crippen LogP contribution in [0.5, 0.6) is 0 Å². The highest BCUT2D eigenvalue weighted by atomic mass is 16.5. The monoisotopic (exact) mass is 290 g/mol. The minimum atomic E-state index is 0.457. The smallest absolute Gasteiger partial charge is 0.0594 e. The van der Waals surface area contributed by atoms with Crippen LogP contribution in [0.4, 0.5) is 0 Å². The van der Waals surface area contributed by atoms with Gasteiger partial charge < -0.3 is 9.64 Å². The van der Waals surface area contributed by atoms with Crippen LogP contribution in [0.15, 0.2) is 30.3 Å². The molecule has 0 aliphatic carbocycles. The lowest BCUT2D eigenvalue weighted by Crippen LogP contribution is -2.48. The van der Waals surface area contributed by atoms with E-state index in [0.29, 0.717) is 18.0 Å². The van der Waals surface area contributed by atoms with Gasteiger partial charge in [0.15, 0.2) is 0 Å². The summed E-state index contributed by atoms with van der Waals surface area (Å²) in [5, 5.41) is 0. The lowest BCUT2D eigenvalue weighted by atomic mass is 9.85. The zero-order valence-corrected chi connectivity index (χ0v) is 14.0. The zero-order valence-electron chi connectivity index (χ0n) is 14.0. The van der Waals surface area contributed by atoms with Crippen LogP contribution in [-0.2, 0) is 4.74 Å². The van der Waals surface area contributed by atoms with Gasteiger partial charge in [0, 0.05) is 25.2 Å². The van der Waals surface area contributed by atoms with E-state index in [1.165, 1.54) is 12.0 Å². The zero-order chi connectivity index (χ0) is 15.2. The largest absolute Gasteiger partial charge is 0.379 e. The molecule has 0 bridgehead atoms. The molecule has 0 amide bonds. The Morgan fingerprint density at radius 1 is 1.14 bits per heavy atom. The summed E-state index contributed by atoms with van der Waals surface area (Å²) in [7, 11) is 4.39. The van der Waals surface area contributed by atoms with Crippen LogP contribution in [0.1, 0.15) is 31.9 Å². The summed E-state index contributed by atoms with van der Waals surface area (Å²) in [4.78, 5) is 4.98. The van der Waals surface area contributed by atoms with Crippen LogP contribution in [0.3, 0.4) is 0 Å². The topological polar surface area (TPSA) is 15.7 Å². The molecule has 3 nitrogen and oxygen atoms in total. The normalized spacial score (nSPS) is 21.2. The summed E-state index contributed by atoms with van der Waals surface area (Å²) in [6.07, 6.45) is 1.19. The van der Waals surface area contributed by atoms with E-state index in [1.54, 1.807) is 0 Å². The second kappa shape index (κ2) is 7.92. The summed E-state index contributed by atoms with van der Waals surface area (Å²) in [5.74, 6) is 0.588. The summed E-state index contributed by atoms with van der Waals surface area (Å²) >= 11 is 0. The molecule has 2 rings (SSSR count). The highest BCUT2D eigenvalue weighted by Gasteiger charge is 2.31. The van der Waals surface area contributed by atoms with Crippen LogP contribution in [0.2, 0.25) is 0 Å². The molecule has 0 radical (unpaired) electrons. The van der Waals surface area contributed by atoms with Crippen molar-refractivity contribution in [1.82, 2.24) is 9.80 Å². The maximum Gasteiger partial charge on any atom is 0.0594 e. The molecule has 118 valence electrons. The van der Waals surface area contributed by atoms with Gasteiger partial charge in [-0.3, -0.25) is 4.90 Å². The summed E-state index contributed by atoms with van der Waals surface area (Å²) in [6.45, 7) is 8.60. The first-order chi connectivity index (χ1) is 10.1. The molecule has 3 unspecified atom stereocenters. The van der Waals surface area contributed by atoms with Crippen molar-refractivity contribution in [3.8, 4) is 0 Å². The fraction of sp³-hybridized carbons (Fsp3) is 0.667. The molecule has 1 aromatic carbocycles. The summed E-state index contributed by atoms with van der Waals surface area (Å²) < 4.78 is 5.51. The van der Waals surface area contributed by atoms with E-state index >= 15 is 0 Å². The van der Waals surface area contributed by atoms with Crippen molar-refractivity contribution >= 4 is 0 Å². The molecule has 1 aromatic rings. The van der Waals surface area contributed by atoms with Crippen molar-refractivity contribution in [2.24, 2.45) is 5.92 Å². The first kappa shape index (κ1) is 16.5. The average molecular weight is 290 g/mol. The maximum atomic E-state index is 5.51. The van der Waals surface area contributed by atoms with Gasteiger partial charge in [-0.1, -0.05) is 44.2 Å². The highest BCUT2D eigenvalue weighted by Crippen LogP contribution is 2.32. The molecule has 1 aliphatic rings. The molecular formula is C18H30N2O. The minimum absolute atomic E-state index is 0.457. The van der Waals surface area contributed by atoms with Gasteiger partial charge in [-0.25, -0.2) is 0 Å². The Labute approximate surface area is 129 Å². The van der Waals surface area contributed by atoms with Crippen molar-refractivity contribution in [1.29, 1.82) is 0 Å². The van der Waals surface area contributed by atoms with Crippen LogP contribution >= 0.6 is 0 Å². The Balaban J connectivity index is 2.17. The molecule has 0 aromatic heterocycles. The second-order valence-corrected chi connectivity index (χ2v) is 6.30. The summed E-state index contributed by atoms with van der Waals surface area (Å²) in [5.41, 5.74) is 1.42. The van der Waals surface area contributed by atoms with Gasteiger partial charge >= 0.3 is 0 Å². The highest BCUT2D eigenvalue weighted by molar-refractivity contribution is 5.20. The molecule has 3 atom stereocenters. The van der Waals surface area contributed by atoms with Gasteiger partial charge in [-0.05, 0) is 32.0 Å². The van der Waals surface area contributed by atoms with Crippen LogP contribution in [0, 0.1) is 5.92 Å². The van der Waals surface area contributed by atoms with Crippen molar-refractivity contribution in [3.63, 3.8) is 0 Å². The third-order valence-electron chi connectivity index (χ3n) is 4.74. The molecule has 1 fully saturated rings. The van der Waals surface area contributed by atoms with E-state index in [-0.39, 0.29) is 0 Å². The first-order valence-electron chi connectivity index (χ1n) is 8.18. The van der Waals surface area contributed by atoms with Crippen molar-refractivity contribution in [2.75, 3.05) is 40.4 Å². The number of rotatable bonds is 6. The summed E-state index contributed by atoms with van der Waals surface area (Å²) in [6, 6.07) is 12.0. The van der Waals surface area contributed by atoms with Gasteiger partial charge in [0.1, 0.15) is 0 Å². The minimum Gasteiger partial charge on any atom is -0.379 e. The Hall–Kier alpha value is -0.900. The molecule has 3 heteroatoms. The van der Waals surface area contributed by atoms with E-state index in [0.717, 1.165) is 26.3 Å². The third kappa shape index (κ3) is 4.06. The van der Waals surface area contributed by atoms with Crippen molar-refractivity contribution < 1.29 is 4.74 Å². The molecular weight excluding hydrogens is 260 g/mol. The molecule has 0 N–H and O–H groups in total. The lowest BCUT2D eigenvalue weighted by molar-refractivity contribution is -0.00740. The Morgan fingerprint density at radius 2 is 1.76 bits per heavy atom. The number of ether oxygens (including phenoxy) is 1. The molecule has 1 aliphatic heterocycles. The van der Waals surface area contributed by atoms with Crippen LogP contribution in [-0.4, -0.2) is 56.2 Å². The maximum absolute atomic E-state index is 5.51. The molecule has 1 saturated heterocycles. The van der Waals surface area contributed by atoms with Crippen molar-refractivity contribution in [2.45, 2.75) is 32.4 Å². The third-order valence-corrected chi connectivity index (χ3v) is 4.74. The quantitative estimate of drug-likeness (QED) is 0.801. The second-order valence-electron chi connectivity index (χ2n) is 6.30. The predicted molar refractivity (Wildman–Crippen MR) is 88.5 cm³/mol. The van der Waals surface area contributed by atoms with Crippen molar-refractivity contribution in [3.05, 3.63) is 35.9 Å².